The molecular weight excluding hydrogens is 306 g/mol. The maximum Gasteiger partial charge on any atom is 0.256 e. The molecule has 0 amide bonds. The molecule has 0 radical (unpaired) electrons. The summed E-state index contributed by atoms with van der Waals surface area (Å²) in [6, 6.07) is 1.31. The van der Waals surface area contributed by atoms with Crippen LogP contribution in [0.2, 0.25) is 6.04 Å². The number of alkyl halides is 1. The SMILES string of the molecule is CCCCCCCC[N+](C)(CCCCCCCC)[SiH2]CCCl. The van der Waals surface area contributed by atoms with Gasteiger partial charge in [0.15, 0.2) is 0 Å². The van der Waals surface area contributed by atoms with Crippen molar-refractivity contribution < 1.29 is 4.15 Å². The molecule has 0 aromatic heterocycles. The minimum absolute atomic E-state index is 0.0533. The summed E-state index contributed by atoms with van der Waals surface area (Å²) in [6.45, 7) is 7.44. The first kappa shape index (κ1) is 22.5. The average Bonchev–Trinajstić information content (AvgIpc) is 2.52. The van der Waals surface area contributed by atoms with Crippen molar-refractivity contribution in [3.63, 3.8) is 0 Å². The van der Waals surface area contributed by atoms with Crippen LogP contribution in [0.15, 0.2) is 0 Å². The number of unbranched alkanes of at least 4 members (excludes halogenated alkanes) is 10. The first-order valence-electron chi connectivity index (χ1n) is 10.1. The quantitative estimate of drug-likeness (QED) is 0.174. The zero-order chi connectivity index (χ0) is 16.5. The minimum Gasteiger partial charge on any atom is -0.390 e. The third-order valence-electron chi connectivity index (χ3n) is 4.93. The van der Waals surface area contributed by atoms with Gasteiger partial charge in [-0.15, -0.1) is 11.6 Å². The highest BCUT2D eigenvalue weighted by atomic mass is 35.5. The van der Waals surface area contributed by atoms with Gasteiger partial charge in [-0.05, 0) is 25.7 Å². The summed E-state index contributed by atoms with van der Waals surface area (Å²) in [4.78, 5) is 0. The molecule has 0 saturated heterocycles. The molecule has 3 heteroatoms. The first-order chi connectivity index (χ1) is 10.7. The molecule has 0 aliphatic heterocycles. The Morgan fingerprint density at radius 2 is 1.09 bits per heavy atom. The average molecular weight is 349 g/mol. The molecule has 0 heterocycles. The molecular formula is C19H43ClNSi+. The first-order valence-corrected chi connectivity index (χ1v) is 12.2. The van der Waals surface area contributed by atoms with E-state index in [0.717, 1.165) is 5.88 Å². The molecule has 22 heavy (non-hydrogen) atoms. The second-order valence-electron chi connectivity index (χ2n) is 7.37. The smallest absolute Gasteiger partial charge is 0.256 e. The van der Waals surface area contributed by atoms with Gasteiger partial charge in [-0.25, -0.2) is 0 Å². The van der Waals surface area contributed by atoms with Crippen molar-refractivity contribution in [3.8, 4) is 0 Å². The van der Waals surface area contributed by atoms with E-state index in [9.17, 15) is 0 Å². The molecule has 0 aromatic carbocycles. The lowest BCUT2D eigenvalue weighted by Gasteiger charge is -2.36. The lowest BCUT2D eigenvalue weighted by molar-refractivity contribution is -0.802. The molecule has 1 nitrogen and oxygen atoms in total. The van der Waals surface area contributed by atoms with E-state index in [1.54, 1.807) is 0 Å². The summed E-state index contributed by atoms with van der Waals surface area (Å²) >= 11 is 5.97. The molecule has 134 valence electrons. The summed E-state index contributed by atoms with van der Waals surface area (Å²) in [6.07, 6.45) is 17.1. The van der Waals surface area contributed by atoms with Gasteiger partial charge in [0.1, 0.15) is 0 Å². The van der Waals surface area contributed by atoms with E-state index in [0.29, 0.717) is 0 Å². The van der Waals surface area contributed by atoms with Crippen LogP contribution in [0.4, 0.5) is 0 Å². The summed E-state index contributed by atoms with van der Waals surface area (Å²) in [5.74, 6) is 0.882. The van der Waals surface area contributed by atoms with E-state index in [1.165, 1.54) is 100 Å². The molecule has 0 spiro atoms. The van der Waals surface area contributed by atoms with Gasteiger partial charge in [0, 0.05) is 11.9 Å². The van der Waals surface area contributed by atoms with Crippen LogP contribution >= 0.6 is 11.6 Å². The Balaban J connectivity index is 3.84. The van der Waals surface area contributed by atoms with Crippen LogP contribution in [-0.2, 0) is 0 Å². The highest BCUT2D eigenvalue weighted by Crippen LogP contribution is 2.13. The summed E-state index contributed by atoms with van der Waals surface area (Å²) in [7, 11) is 2.47. The van der Waals surface area contributed by atoms with Crippen LogP contribution < -0.4 is 0 Å². The number of hydrogen-bond donors (Lipinski definition) is 0. The number of quaternary nitrogens is 1. The normalized spacial score (nSPS) is 12.5. The molecule has 0 N–H and O–H groups in total. The highest BCUT2D eigenvalue weighted by Gasteiger charge is 2.20. The monoisotopic (exact) mass is 348 g/mol. The lowest BCUT2D eigenvalue weighted by Crippen LogP contribution is -2.48. The summed E-state index contributed by atoms with van der Waals surface area (Å²) < 4.78 is 1.40. The Labute approximate surface area is 148 Å². The van der Waals surface area contributed by atoms with Crippen molar-refractivity contribution in [1.29, 1.82) is 0 Å². The Morgan fingerprint density at radius 1 is 0.682 bits per heavy atom. The standard InChI is InChI=1S/C19H43ClNSi/c1-4-6-8-10-12-14-17-21(3,22-19-16-20)18-15-13-11-9-7-5-2/h4-19,22H2,1-3H3/q+1. The fraction of sp³-hybridized carbons (Fsp3) is 1.00. The number of nitrogens with zero attached hydrogens (tertiary/aromatic N) is 1. The molecule has 0 aliphatic rings. The Hall–Kier alpha value is 0.467. The lowest BCUT2D eigenvalue weighted by atomic mass is 10.1. The topological polar surface area (TPSA) is 0 Å². The molecule has 0 aliphatic carbocycles. The van der Waals surface area contributed by atoms with Crippen LogP contribution in [0.3, 0.4) is 0 Å². The largest absolute Gasteiger partial charge is 0.390 e. The Bertz CT molecular complexity index is 207. The fourth-order valence-corrected chi connectivity index (χ4v) is 5.46. The predicted molar refractivity (Wildman–Crippen MR) is 107 cm³/mol. The van der Waals surface area contributed by atoms with Crippen LogP contribution in [0.5, 0.6) is 0 Å². The van der Waals surface area contributed by atoms with Gasteiger partial charge in [-0.2, -0.15) is 0 Å². The Kier molecular flexibility index (Phi) is 16.7. The van der Waals surface area contributed by atoms with Crippen LogP contribution in [0.1, 0.15) is 90.9 Å². The van der Waals surface area contributed by atoms with Gasteiger partial charge in [0.05, 0.1) is 20.1 Å². The minimum atomic E-state index is -0.0533. The van der Waals surface area contributed by atoms with E-state index in [4.69, 9.17) is 11.6 Å². The van der Waals surface area contributed by atoms with Gasteiger partial charge in [0.25, 0.3) is 9.68 Å². The van der Waals surface area contributed by atoms with E-state index in [1.807, 2.05) is 0 Å². The van der Waals surface area contributed by atoms with Crippen molar-refractivity contribution >= 4 is 21.3 Å². The zero-order valence-corrected chi connectivity index (χ0v) is 18.0. The maximum absolute atomic E-state index is 5.97. The van der Waals surface area contributed by atoms with Crippen LogP contribution in [0, 0.1) is 0 Å². The number of rotatable bonds is 17. The zero-order valence-electron chi connectivity index (χ0n) is 15.8. The van der Waals surface area contributed by atoms with Crippen molar-refractivity contribution in [2.75, 3.05) is 26.0 Å². The molecule has 0 fully saturated rings. The molecule has 0 atom stereocenters. The van der Waals surface area contributed by atoms with E-state index < -0.39 is 0 Å². The Morgan fingerprint density at radius 3 is 1.50 bits per heavy atom. The van der Waals surface area contributed by atoms with Crippen molar-refractivity contribution in [2.45, 2.75) is 96.9 Å². The van der Waals surface area contributed by atoms with Gasteiger partial charge >= 0.3 is 0 Å². The highest BCUT2D eigenvalue weighted by molar-refractivity contribution is 6.30. The second kappa shape index (κ2) is 16.3. The van der Waals surface area contributed by atoms with Gasteiger partial charge < -0.3 is 4.15 Å². The molecule has 0 unspecified atom stereocenters. The molecule has 0 rings (SSSR count). The van der Waals surface area contributed by atoms with Crippen LogP contribution in [0.25, 0.3) is 0 Å². The third-order valence-corrected chi connectivity index (χ3v) is 8.03. The molecule has 0 aromatic rings. The van der Waals surface area contributed by atoms with E-state index in [-0.39, 0.29) is 9.68 Å². The third kappa shape index (κ3) is 14.1. The number of halogens is 1. The van der Waals surface area contributed by atoms with Crippen molar-refractivity contribution in [2.24, 2.45) is 0 Å². The predicted octanol–water partition coefficient (Wildman–Crippen LogP) is 5.89. The fourth-order valence-electron chi connectivity index (χ4n) is 3.32. The van der Waals surface area contributed by atoms with Crippen molar-refractivity contribution in [1.82, 2.24) is 0 Å². The van der Waals surface area contributed by atoms with Gasteiger partial charge in [0.2, 0.25) is 0 Å². The van der Waals surface area contributed by atoms with Crippen LogP contribution in [-0.4, -0.2) is 39.8 Å². The number of hydrogen-bond acceptors (Lipinski definition) is 0. The van der Waals surface area contributed by atoms with E-state index >= 15 is 0 Å². The van der Waals surface area contributed by atoms with E-state index in [2.05, 4.69) is 20.9 Å². The molecule has 0 saturated carbocycles. The second-order valence-corrected chi connectivity index (χ2v) is 10.4. The van der Waals surface area contributed by atoms with Gasteiger partial charge in [-0.3, -0.25) is 0 Å². The summed E-state index contributed by atoms with van der Waals surface area (Å²) in [5, 5.41) is 0. The van der Waals surface area contributed by atoms with Gasteiger partial charge in [-0.1, -0.05) is 65.2 Å². The van der Waals surface area contributed by atoms with Crippen molar-refractivity contribution in [3.05, 3.63) is 0 Å². The molecule has 0 bridgehead atoms. The maximum atomic E-state index is 5.97. The summed E-state index contributed by atoms with van der Waals surface area (Å²) in [5.41, 5.74) is 0.